The van der Waals surface area contributed by atoms with E-state index in [1.54, 1.807) is 48.5 Å². The summed E-state index contributed by atoms with van der Waals surface area (Å²) < 4.78 is 23.9. The largest absolute Gasteiger partial charge is 0.465 e. The zero-order valence-corrected chi connectivity index (χ0v) is 19.5. The standard InChI is InChI=1S/C28H21ClFNO4/c1-34-28(33)20-4-2-18(3-5-20)17-31-27(32)25-16-21(19-6-9-22(29)10-7-19)8-15-26(25)35-24-13-11-23(30)12-14-24/h2-16H,17H2,1H3,(H,31,32). The molecule has 4 aromatic carbocycles. The van der Waals surface area contributed by atoms with Crippen molar-refractivity contribution >= 4 is 23.5 Å². The molecule has 5 nitrogen and oxygen atoms in total. The van der Waals surface area contributed by atoms with Gasteiger partial charge >= 0.3 is 5.97 Å². The van der Waals surface area contributed by atoms with Gasteiger partial charge in [0.1, 0.15) is 17.3 Å². The van der Waals surface area contributed by atoms with Crippen LogP contribution in [0.3, 0.4) is 0 Å². The highest BCUT2D eigenvalue weighted by Gasteiger charge is 2.16. The second-order valence-electron chi connectivity index (χ2n) is 7.64. The van der Waals surface area contributed by atoms with Crippen LogP contribution in [0.1, 0.15) is 26.3 Å². The van der Waals surface area contributed by atoms with Gasteiger partial charge in [-0.05, 0) is 77.4 Å². The second kappa shape index (κ2) is 10.8. The molecule has 0 atom stereocenters. The monoisotopic (exact) mass is 489 g/mol. The van der Waals surface area contributed by atoms with Gasteiger partial charge in [0.15, 0.2) is 0 Å². The molecule has 35 heavy (non-hydrogen) atoms. The Bertz CT molecular complexity index is 1340. The molecule has 4 rings (SSSR count). The maximum atomic E-state index is 13.3. The Hall–Kier alpha value is -4.16. The molecule has 0 unspecified atom stereocenters. The highest BCUT2D eigenvalue weighted by Crippen LogP contribution is 2.31. The van der Waals surface area contributed by atoms with Crippen LogP contribution in [0.15, 0.2) is 91.0 Å². The van der Waals surface area contributed by atoms with Crippen molar-refractivity contribution in [3.8, 4) is 22.6 Å². The van der Waals surface area contributed by atoms with Crippen LogP contribution < -0.4 is 10.1 Å². The molecule has 0 fully saturated rings. The highest BCUT2D eigenvalue weighted by molar-refractivity contribution is 6.30. The van der Waals surface area contributed by atoms with Gasteiger partial charge in [0.05, 0.1) is 18.2 Å². The Kier molecular flexibility index (Phi) is 7.43. The predicted molar refractivity (Wildman–Crippen MR) is 132 cm³/mol. The number of carbonyl (C=O) groups excluding carboxylic acids is 2. The van der Waals surface area contributed by atoms with Crippen LogP contribution in [-0.2, 0) is 11.3 Å². The lowest BCUT2D eigenvalue weighted by Crippen LogP contribution is -2.23. The average molecular weight is 490 g/mol. The number of nitrogens with one attached hydrogen (secondary N) is 1. The first-order valence-corrected chi connectivity index (χ1v) is 11.1. The van der Waals surface area contributed by atoms with Crippen LogP contribution in [0.2, 0.25) is 5.02 Å². The highest BCUT2D eigenvalue weighted by atomic mass is 35.5. The van der Waals surface area contributed by atoms with Crippen LogP contribution in [-0.4, -0.2) is 19.0 Å². The lowest BCUT2D eigenvalue weighted by atomic mass is 10.0. The third kappa shape index (κ3) is 6.05. The van der Waals surface area contributed by atoms with E-state index in [4.69, 9.17) is 21.1 Å². The van der Waals surface area contributed by atoms with E-state index < -0.39 is 5.97 Å². The fourth-order valence-corrected chi connectivity index (χ4v) is 3.53. The average Bonchev–Trinajstić information content (AvgIpc) is 2.89. The second-order valence-corrected chi connectivity index (χ2v) is 8.08. The summed E-state index contributed by atoms with van der Waals surface area (Å²) in [6, 6.07) is 24.9. The fourth-order valence-electron chi connectivity index (χ4n) is 3.40. The van der Waals surface area contributed by atoms with Crippen LogP contribution in [0.25, 0.3) is 11.1 Å². The molecule has 0 radical (unpaired) electrons. The van der Waals surface area contributed by atoms with E-state index >= 15 is 0 Å². The van der Waals surface area contributed by atoms with E-state index in [9.17, 15) is 14.0 Å². The molecule has 0 bridgehead atoms. The molecular weight excluding hydrogens is 469 g/mol. The topological polar surface area (TPSA) is 64.6 Å². The molecule has 4 aromatic rings. The van der Waals surface area contributed by atoms with E-state index in [1.165, 1.54) is 31.4 Å². The third-order valence-corrected chi connectivity index (χ3v) is 5.52. The summed E-state index contributed by atoms with van der Waals surface area (Å²) in [5, 5.41) is 3.50. The molecule has 0 aliphatic heterocycles. The lowest BCUT2D eigenvalue weighted by Gasteiger charge is -2.14. The molecule has 0 aliphatic carbocycles. The number of esters is 1. The van der Waals surface area contributed by atoms with E-state index in [1.807, 2.05) is 18.2 Å². The zero-order chi connectivity index (χ0) is 24.8. The maximum Gasteiger partial charge on any atom is 0.337 e. The Morgan fingerprint density at radius 3 is 2.17 bits per heavy atom. The van der Waals surface area contributed by atoms with Gasteiger partial charge in [0.2, 0.25) is 0 Å². The Morgan fingerprint density at radius 1 is 0.857 bits per heavy atom. The SMILES string of the molecule is COC(=O)c1ccc(CNC(=O)c2cc(-c3ccc(Cl)cc3)ccc2Oc2ccc(F)cc2)cc1. The fraction of sp³-hybridized carbons (Fsp3) is 0.0714. The molecule has 0 spiro atoms. The number of amides is 1. The summed E-state index contributed by atoms with van der Waals surface area (Å²) in [7, 11) is 1.32. The number of ether oxygens (including phenoxy) is 2. The number of benzene rings is 4. The summed E-state index contributed by atoms with van der Waals surface area (Å²) >= 11 is 6.01. The zero-order valence-electron chi connectivity index (χ0n) is 18.8. The molecule has 1 N–H and O–H groups in total. The minimum absolute atomic E-state index is 0.238. The summed E-state index contributed by atoms with van der Waals surface area (Å²) in [4.78, 5) is 24.8. The molecule has 0 heterocycles. The first-order chi connectivity index (χ1) is 16.9. The molecule has 0 saturated heterocycles. The summed E-state index contributed by atoms with van der Waals surface area (Å²) in [6.45, 7) is 0.238. The van der Waals surface area contributed by atoms with Crippen molar-refractivity contribution < 1.29 is 23.5 Å². The molecule has 0 aliphatic rings. The van der Waals surface area contributed by atoms with Gasteiger partial charge in [-0.15, -0.1) is 0 Å². The number of hydrogen-bond acceptors (Lipinski definition) is 4. The van der Waals surface area contributed by atoms with Gasteiger partial charge in [-0.1, -0.05) is 41.9 Å². The number of halogens is 2. The third-order valence-electron chi connectivity index (χ3n) is 5.27. The molecule has 0 aromatic heterocycles. The van der Waals surface area contributed by atoms with Crippen molar-refractivity contribution in [1.29, 1.82) is 0 Å². The molecular formula is C28H21ClFNO4. The number of carbonyl (C=O) groups is 2. The Labute approximate surface area is 207 Å². The Morgan fingerprint density at radius 2 is 1.51 bits per heavy atom. The first kappa shape index (κ1) is 24.0. The van der Waals surface area contributed by atoms with Gasteiger partial charge in [-0.25, -0.2) is 9.18 Å². The van der Waals surface area contributed by atoms with Crippen LogP contribution >= 0.6 is 11.6 Å². The van der Waals surface area contributed by atoms with Gasteiger partial charge in [0.25, 0.3) is 5.91 Å². The van der Waals surface area contributed by atoms with Crippen molar-refractivity contribution in [3.63, 3.8) is 0 Å². The van der Waals surface area contributed by atoms with Crippen LogP contribution in [0.4, 0.5) is 4.39 Å². The van der Waals surface area contributed by atoms with Crippen molar-refractivity contribution in [3.05, 3.63) is 119 Å². The van der Waals surface area contributed by atoms with Crippen molar-refractivity contribution in [2.24, 2.45) is 0 Å². The van der Waals surface area contributed by atoms with Crippen molar-refractivity contribution in [1.82, 2.24) is 5.32 Å². The number of methoxy groups -OCH3 is 1. The predicted octanol–water partition coefficient (Wildman–Crippen LogP) is 6.66. The van der Waals surface area contributed by atoms with E-state index in [0.717, 1.165) is 16.7 Å². The smallest absolute Gasteiger partial charge is 0.337 e. The number of rotatable bonds is 7. The van der Waals surface area contributed by atoms with Gasteiger partial charge in [-0.3, -0.25) is 4.79 Å². The Balaban J connectivity index is 1.59. The van der Waals surface area contributed by atoms with Crippen LogP contribution in [0.5, 0.6) is 11.5 Å². The first-order valence-electron chi connectivity index (χ1n) is 10.7. The normalized spacial score (nSPS) is 10.5. The summed E-state index contributed by atoms with van der Waals surface area (Å²) in [6.07, 6.45) is 0. The van der Waals surface area contributed by atoms with Gasteiger partial charge in [0, 0.05) is 11.6 Å². The quantitative estimate of drug-likeness (QED) is 0.295. The molecule has 1 amide bonds. The number of hydrogen-bond donors (Lipinski definition) is 1. The summed E-state index contributed by atoms with van der Waals surface area (Å²) in [5.74, 6) is -0.435. The minimum Gasteiger partial charge on any atom is -0.465 e. The molecule has 7 heteroatoms. The van der Waals surface area contributed by atoms with E-state index in [0.29, 0.717) is 27.6 Å². The molecule has 0 saturated carbocycles. The minimum atomic E-state index is -0.429. The molecule has 176 valence electrons. The van der Waals surface area contributed by atoms with E-state index in [2.05, 4.69) is 5.32 Å². The van der Waals surface area contributed by atoms with Crippen LogP contribution in [0, 0.1) is 5.82 Å². The van der Waals surface area contributed by atoms with Crippen molar-refractivity contribution in [2.75, 3.05) is 7.11 Å². The summed E-state index contributed by atoms with van der Waals surface area (Å²) in [5.41, 5.74) is 3.23. The van der Waals surface area contributed by atoms with Gasteiger partial charge < -0.3 is 14.8 Å². The van der Waals surface area contributed by atoms with Crippen molar-refractivity contribution in [2.45, 2.75) is 6.54 Å². The van der Waals surface area contributed by atoms with E-state index in [-0.39, 0.29) is 18.3 Å². The lowest BCUT2D eigenvalue weighted by molar-refractivity contribution is 0.0600. The van der Waals surface area contributed by atoms with Gasteiger partial charge in [-0.2, -0.15) is 0 Å². The maximum absolute atomic E-state index is 13.3.